The molecular weight excluding hydrogens is 408 g/mol. The maximum Gasteiger partial charge on any atom is 0.253 e. The molecule has 0 atom stereocenters. The maximum atomic E-state index is 12.5. The number of hydrogen-bond acceptors (Lipinski definition) is 5. The van der Waals surface area contributed by atoms with Crippen molar-refractivity contribution in [2.45, 2.75) is 6.54 Å². The Bertz CT molecular complexity index is 1050. The van der Waals surface area contributed by atoms with Crippen molar-refractivity contribution < 1.29 is 9.59 Å². The van der Waals surface area contributed by atoms with Crippen LogP contribution in [0.1, 0.15) is 15.9 Å². The van der Waals surface area contributed by atoms with E-state index in [1.165, 1.54) is 20.5 Å². The van der Waals surface area contributed by atoms with E-state index in [-0.39, 0.29) is 11.8 Å². The molecule has 31 heavy (non-hydrogen) atoms. The van der Waals surface area contributed by atoms with Crippen LogP contribution in [0.4, 0.5) is 5.69 Å². The SMILES string of the molecule is CN(C)C(=O)c1ccc(NC(=O)CN2CCN(Cc3csc4ccccc34)CC2)cc1. The van der Waals surface area contributed by atoms with Crippen LogP contribution in [0.5, 0.6) is 0 Å². The highest BCUT2D eigenvalue weighted by Gasteiger charge is 2.20. The minimum absolute atomic E-state index is 0.0241. The van der Waals surface area contributed by atoms with Gasteiger partial charge >= 0.3 is 0 Å². The largest absolute Gasteiger partial charge is 0.345 e. The molecule has 1 fully saturated rings. The Morgan fingerprint density at radius 2 is 1.65 bits per heavy atom. The lowest BCUT2D eigenvalue weighted by molar-refractivity contribution is -0.117. The topological polar surface area (TPSA) is 55.9 Å². The number of nitrogens with zero attached hydrogens (tertiary/aromatic N) is 3. The highest BCUT2D eigenvalue weighted by Crippen LogP contribution is 2.26. The summed E-state index contributed by atoms with van der Waals surface area (Å²) in [5, 5.41) is 6.55. The molecule has 0 bridgehead atoms. The van der Waals surface area contributed by atoms with Gasteiger partial charge in [-0.25, -0.2) is 0 Å². The molecule has 0 spiro atoms. The fourth-order valence-corrected chi connectivity index (χ4v) is 4.81. The molecule has 4 rings (SSSR count). The molecule has 2 aromatic carbocycles. The molecule has 0 radical (unpaired) electrons. The van der Waals surface area contributed by atoms with E-state index in [1.807, 2.05) is 0 Å². The summed E-state index contributed by atoms with van der Waals surface area (Å²) in [4.78, 5) is 30.6. The van der Waals surface area contributed by atoms with Gasteiger partial charge < -0.3 is 10.2 Å². The molecule has 2 amide bonds. The van der Waals surface area contributed by atoms with Crippen molar-refractivity contribution in [1.82, 2.24) is 14.7 Å². The molecule has 2 heterocycles. The van der Waals surface area contributed by atoms with Gasteiger partial charge in [-0.1, -0.05) is 18.2 Å². The minimum atomic E-state index is -0.0498. The number of carbonyl (C=O) groups excluding carboxylic acids is 2. The van der Waals surface area contributed by atoms with E-state index in [1.54, 1.807) is 49.7 Å². The Hall–Kier alpha value is -2.74. The average molecular weight is 437 g/mol. The summed E-state index contributed by atoms with van der Waals surface area (Å²) in [6, 6.07) is 15.6. The first kappa shape index (κ1) is 21.5. The summed E-state index contributed by atoms with van der Waals surface area (Å²) in [6.45, 7) is 5.02. The minimum Gasteiger partial charge on any atom is -0.345 e. The Morgan fingerprint density at radius 1 is 0.968 bits per heavy atom. The van der Waals surface area contributed by atoms with Crippen molar-refractivity contribution in [1.29, 1.82) is 0 Å². The highest BCUT2D eigenvalue weighted by molar-refractivity contribution is 7.17. The van der Waals surface area contributed by atoms with Crippen LogP contribution in [0.25, 0.3) is 10.1 Å². The van der Waals surface area contributed by atoms with E-state index in [4.69, 9.17) is 0 Å². The van der Waals surface area contributed by atoms with Gasteiger partial charge in [0.05, 0.1) is 6.54 Å². The summed E-state index contributed by atoms with van der Waals surface area (Å²) >= 11 is 1.81. The zero-order chi connectivity index (χ0) is 21.8. The van der Waals surface area contributed by atoms with E-state index in [9.17, 15) is 9.59 Å². The molecule has 1 aliphatic heterocycles. The number of benzene rings is 2. The summed E-state index contributed by atoms with van der Waals surface area (Å²) in [5.74, 6) is -0.0739. The van der Waals surface area contributed by atoms with Gasteiger partial charge in [0.15, 0.2) is 0 Å². The molecule has 1 aromatic heterocycles. The highest BCUT2D eigenvalue weighted by atomic mass is 32.1. The lowest BCUT2D eigenvalue weighted by Gasteiger charge is -2.34. The molecule has 162 valence electrons. The Labute approximate surface area is 187 Å². The Morgan fingerprint density at radius 3 is 2.35 bits per heavy atom. The van der Waals surface area contributed by atoms with E-state index in [2.05, 4.69) is 44.8 Å². The van der Waals surface area contributed by atoms with Gasteiger partial charge in [-0.2, -0.15) is 0 Å². The summed E-state index contributed by atoms with van der Waals surface area (Å²) < 4.78 is 1.34. The Kier molecular flexibility index (Phi) is 6.65. The number of nitrogens with one attached hydrogen (secondary N) is 1. The van der Waals surface area contributed by atoms with Gasteiger partial charge in [0, 0.05) is 62.8 Å². The van der Waals surface area contributed by atoms with Gasteiger partial charge in [-0.3, -0.25) is 19.4 Å². The van der Waals surface area contributed by atoms with Crippen LogP contribution < -0.4 is 5.32 Å². The maximum absolute atomic E-state index is 12.5. The first-order valence-corrected chi connectivity index (χ1v) is 11.4. The number of anilines is 1. The molecule has 0 unspecified atom stereocenters. The van der Waals surface area contributed by atoms with Gasteiger partial charge in [-0.15, -0.1) is 11.3 Å². The van der Waals surface area contributed by atoms with Crippen LogP contribution in [0.2, 0.25) is 0 Å². The zero-order valence-corrected chi connectivity index (χ0v) is 18.8. The number of rotatable bonds is 6. The molecule has 1 aliphatic rings. The van der Waals surface area contributed by atoms with Crippen LogP contribution in [0.15, 0.2) is 53.9 Å². The van der Waals surface area contributed by atoms with Crippen LogP contribution in [0.3, 0.4) is 0 Å². The zero-order valence-electron chi connectivity index (χ0n) is 18.0. The standard InChI is InChI=1S/C24H28N4O2S/c1-26(2)24(30)18-7-9-20(10-8-18)25-23(29)16-28-13-11-27(12-14-28)15-19-17-31-22-6-4-3-5-21(19)22/h3-10,17H,11-16H2,1-2H3,(H,25,29). The van der Waals surface area contributed by atoms with Crippen LogP contribution >= 0.6 is 11.3 Å². The lowest BCUT2D eigenvalue weighted by Crippen LogP contribution is -2.48. The van der Waals surface area contributed by atoms with Crippen molar-refractivity contribution in [2.24, 2.45) is 0 Å². The summed E-state index contributed by atoms with van der Waals surface area (Å²) in [5.41, 5.74) is 2.71. The smallest absolute Gasteiger partial charge is 0.253 e. The molecule has 1 saturated heterocycles. The van der Waals surface area contributed by atoms with Crippen molar-refractivity contribution in [3.8, 4) is 0 Å². The second-order valence-electron chi connectivity index (χ2n) is 8.13. The second-order valence-corrected chi connectivity index (χ2v) is 9.05. The number of amides is 2. The summed E-state index contributed by atoms with van der Waals surface area (Å²) in [6.07, 6.45) is 0. The van der Waals surface area contributed by atoms with Crippen molar-refractivity contribution >= 4 is 38.9 Å². The van der Waals surface area contributed by atoms with E-state index in [0.717, 1.165) is 32.7 Å². The van der Waals surface area contributed by atoms with Gasteiger partial charge in [0.2, 0.25) is 5.91 Å². The molecule has 3 aromatic rings. The predicted octanol–water partition coefficient (Wildman–Crippen LogP) is 3.36. The third-order valence-corrected chi connectivity index (χ3v) is 6.62. The second kappa shape index (κ2) is 9.60. The van der Waals surface area contributed by atoms with E-state index < -0.39 is 0 Å². The molecule has 7 heteroatoms. The first-order valence-electron chi connectivity index (χ1n) is 10.5. The quantitative estimate of drug-likeness (QED) is 0.644. The fourth-order valence-electron chi connectivity index (χ4n) is 3.86. The normalized spacial score (nSPS) is 15.2. The number of piperazine rings is 1. The van der Waals surface area contributed by atoms with E-state index in [0.29, 0.717) is 17.8 Å². The Balaban J connectivity index is 1.24. The monoisotopic (exact) mass is 436 g/mol. The van der Waals surface area contributed by atoms with Gasteiger partial charge in [0.25, 0.3) is 5.91 Å². The van der Waals surface area contributed by atoms with Crippen LogP contribution in [0, 0.1) is 0 Å². The molecule has 0 saturated carbocycles. The third-order valence-electron chi connectivity index (χ3n) is 5.61. The van der Waals surface area contributed by atoms with E-state index >= 15 is 0 Å². The number of fused-ring (bicyclic) bond motifs is 1. The molecular formula is C24H28N4O2S. The van der Waals surface area contributed by atoms with Gasteiger partial charge in [0.1, 0.15) is 0 Å². The molecule has 0 aliphatic carbocycles. The van der Waals surface area contributed by atoms with Gasteiger partial charge in [-0.05, 0) is 46.7 Å². The third kappa shape index (κ3) is 5.31. The average Bonchev–Trinajstić information content (AvgIpc) is 3.18. The lowest BCUT2D eigenvalue weighted by atomic mass is 10.1. The molecule has 6 nitrogen and oxygen atoms in total. The fraction of sp³-hybridized carbons (Fsp3) is 0.333. The number of hydrogen-bond donors (Lipinski definition) is 1. The van der Waals surface area contributed by atoms with Crippen molar-refractivity contribution in [3.63, 3.8) is 0 Å². The first-order chi connectivity index (χ1) is 15.0. The predicted molar refractivity (Wildman–Crippen MR) is 127 cm³/mol. The van der Waals surface area contributed by atoms with Crippen molar-refractivity contribution in [2.75, 3.05) is 52.1 Å². The molecule has 1 N–H and O–H groups in total. The van der Waals surface area contributed by atoms with Crippen molar-refractivity contribution in [3.05, 3.63) is 65.0 Å². The number of carbonyl (C=O) groups is 2. The number of thiophene rings is 1. The van der Waals surface area contributed by atoms with Crippen LogP contribution in [-0.4, -0.2) is 73.3 Å². The van der Waals surface area contributed by atoms with Crippen LogP contribution in [-0.2, 0) is 11.3 Å². The summed E-state index contributed by atoms with van der Waals surface area (Å²) in [7, 11) is 3.45.